The molecule has 1 rings (SSSR count). The first-order valence-corrected chi connectivity index (χ1v) is 4.22. The minimum Gasteiger partial charge on any atom is -0.340 e. The van der Waals surface area contributed by atoms with Crippen molar-refractivity contribution >= 4 is 0 Å². The van der Waals surface area contributed by atoms with E-state index in [1.807, 2.05) is 0 Å². The van der Waals surface area contributed by atoms with E-state index < -0.39 is 5.79 Å². The van der Waals surface area contributed by atoms with Crippen molar-refractivity contribution in [2.24, 2.45) is 5.92 Å². The topological polar surface area (TPSA) is 18.5 Å². The van der Waals surface area contributed by atoms with E-state index in [1.165, 1.54) is 0 Å². The zero-order chi connectivity index (χ0) is 9.19. The molecule has 0 aromatic carbocycles. The first kappa shape index (κ1) is 9.49. The van der Waals surface area contributed by atoms with Gasteiger partial charge in [0.25, 0.3) is 0 Å². The Bertz CT molecular complexity index is 176. The molecule has 0 radical (unpaired) electrons. The summed E-state index contributed by atoms with van der Waals surface area (Å²) in [6.45, 7) is 12.2. The highest BCUT2D eigenvalue weighted by atomic mass is 16.7. The highest BCUT2D eigenvalue weighted by Crippen LogP contribution is 2.29. The molecule has 2 nitrogen and oxygen atoms in total. The molecule has 2 heteroatoms. The maximum atomic E-state index is 5.65. The first-order chi connectivity index (χ1) is 5.63. The first-order valence-electron chi connectivity index (χ1n) is 4.22. The lowest BCUT2D eigenvalue weighted by Crippen LogP contribution is -2.26. The summed E-state index contributed by atoms with van der Waals surface area (Å²) in [6.07, 6.45) is 3.44. The van der Waals surface area contributed by atoms with Gasteiger partial charge in [0.05, 0.1) is 12.7 Å². The molecule has 1 unspecified atom stereocenters. The summed E-state index contributed by atoms with van der Waals surface area (Å²) in [7, 11) is 0. The van der Waals surface area contributed by atoms with E-state index in [2.05, 4.69) is 27.0 Å². The normalized spacial score (nSPS) is 27.4. The molecule has 0 N–H and O–H groups in total. The van der Waals surface area contributed by atoms with E-state index >= 15 is 0 Å². The summed E-state index contributed by atoms with van der Waals surface area (Å²) in [5, 5.41) is 0. The predicted octanol–water partition coefficient (Wildman–Crippen LogP) is 2.13. The van der Waals surface area contributed by atoms with Gasteiger partial charge in [-0.25, -0.2) is 0 Å². The number of hydrogen-bond donors (Lipinski definition) is 0. The van der Waals surface area contributed by atoms with Gasteiger partial charge in [0.1, 0.15) is 0 Å². The third-order valence-electron chi connectivity index (χ3n) is 2.12. The van der Waals surface area contributed by atoms with Gasteiger partial charge in [0.2, 0.25) is 5.79 Å². The molecule has 12 heavy (non-hydrogen) atoms. The van der Waals surface area contributed by atoms with Gasteiger partial charge in [-0.3, -0.25) is 0 Å². The van der Waals surface area contributed by atoms with Gasteiger partial charge in [-0.05, 0) is 18.1 Å². The molecule has 1 aliphatic heterocycles. The van der Waals surface area contributed by atoms with Crippen molar-refractivity contribution < 1.29 is 9.47 Å². The lowest BCUT2D eigenvalue weighted by Gasteiger charge is -2.20. The van der Waals surface area contributed by atoms with E-state index in [0.29, 0.717) is 12.5 Å². The van der Waals surface area contributed by atoms with E-state index in [4.69, 9.17) is 9.47 Å². The van der Waals surface area contributed by atoms with Crippen LogP contribution in [0.15, 0.2) is 25.3 Å². The van der Waals surface area contributed by atoms with E-state index in [1.54, 1.807) is 12.2 Å². The van der Waals surface area contributed by atoms with Crippen LogP contribution >= 0.6 is 0 Å². The summed E-state index contributed by atoms with van der Waals surface area (Å²) >= 11 is 0. The van der Waals surface area contributed by atoms with Crippen LogP contribution in [0.25, 0.3) is 0 Å². The Labute approximate surface area is 73.9 Å². The third kappa shape index (κ3) is 1.59. The van der Waals surface area contributed by atoms with Gasteiger partial charge < -0.3 is 9.47 Å². The van der Waals surface area contributed by atoms with Crippen molar-refractivity contribution in [2.45, 2.75) is 25.7 Å². The molecule has 1 aliphatic rings. The monoisotopic (exact) mass is 168 g/mol. The summed E-state index contributed by atoms with van der Waals surface area (Å²) in [5.74, 6) is -0.277. The molecule has 0 aromatic heterocycles. The highest BCUT2D eigenvalue weighted by molar-refractivity contribution is 5.06. The van der Waals surface area contributed by atoms with Gasteiger partial charge in [0.15, 0.2) is 0 Å². The van der Waals surface area contributed by atoms with Crippen LogP contribution in [0.2, 0.25) is 0 Å². The van der Waals surface area contributed by atoms with Crippen molar-refractivity contribution in [3.05, 3.63) is 25.3 Å². The molecule has 0 amide bonds. The largest absolute Gasteiger partial charge is 0.340 e. The van der Waals surface area contributed by atoms with Crippen LogP contribution in [0.5, 0.6) is 0 Å². The molecule has 0 aromatic rings. The molecule has 68 valence electrons. The van der Waals surface area contributed by atoms with Crippen LogP contribution in [0.3, 0.4) is 0 Å². The maximum absolute atomic E-state index is 5.65. The average molecular weight is 168 g/mol. The molecule has 1 saturated heterocycles. The fraction of sp³-hybridized carbons (Fsp3) is 0.600. The quantitative estimate of drug-likeness (QED) is 0.601. The molecule has 0 bridgehead atoms. The van der Waals surface area contributed by atoms with Crippen LogP contribution < -0.4 is 0 Å². The zero-order valence-electron chi connectivity index (χ0n) is 7.75. The van der Waals surface area contributed by atoms with Gasteiger partial charge >= 0.3 is 0 Å². The Balaban J connectivity index is 2.64. The molecular formula is C10H16O2. The van der Waals surface area contributed by atoms with E-state index in [9.17, 15) is 0 Å². The van der Waals surface area contributed by atoms with Crippen molar-refractivity contribution in [1.82, 2.24) is 0 Å². The Morgan fingerprint density at radius 1 is 1.42 bits per heavy atom. The SMILES string of the molecule is C=CC1(C=C)OCC(C(C)C)O1. The summed E-state index contributed by atoms with van der Waals surface area (Å²) < 4.78 is 11.1. The average Bonchev–Trinajstić information content (AvgIpc) is 2.49. The number of ether oxygens (including phenoxy) is 2. The fourth-order valence-electron chi connectivity index (χ4n) is 1.14. The molecular weight excluding hydrogens is 152 g/mol. The second kappa shape index (κ2) is 3.42. The Hall–Kier alpha value is -0.600. The summed E-state index contributed by atoms with van der Waals surface area (Å²) in [6, 6.07) is 0. The molecule has 1 fully saturated rings. The van der Waals surface area contributed by atoms with E-state index in [0.717, 1.165) is 0 Å². The van der Waals surface area contributed by atoms with Crippen LogP contribution in [-0.2, 0) is 9.47 Å². The smallest absolute Gasteiger partial charge is 0.207 e. The molecule has 0 saturated carbocycles. The Kier molecular flexibility index (Phi) is 2.70. The molecule has 0 aliphatic carbocycles. The van der Waals surface area contributed by atoms with Crippen molar-refractivity contribution in [3.63, 3.8) is 0 Å². The zero-order valence-corrected chi connectivity index (χ0v) is 7.75. The van der Waals surface area contributed by atoms with E-state index in [-0.39, 0.29) is 6.10 Å². The van der Waals surface area contributed by atoms with Gasteiger partial charge in [-0.1, -0.05) is 27.0 Å². The fourth-order valence-corrected chi connectivity index (χ4v) is 1.14. The van der Waals surface area contributed by atoms with Crippen LogP contribution in [0.4, 0.5) is 0 Å². The second-order valence-electron chi connectivity index (χ2n) is 3.34. The lowest BCUT2D eigenvalue weighted by molar-refractivity contribution is -0.0943. The third-order valence-corrected chi connectivity index (χ3v) is 2.12. The minimum atomic E-state index is -0.741. The van der Waals surface area contributed by atoms with Crippen molar-refractivity contribution in [1.29, 1.82) is 0 Å². The van der Waals surface area contributed by atoms with Crippen molar-refractivity contribution in [2.75, 3.05) is 6.61 Å². The predicted molar refractivity (Wildman–Crippen MR) is 48.8 cm³/mol. The molecule has 1 heterocycles. The second-order valence-corrected chi connectivity index (χ2v) is 3.34. The van der Waals surface area contributed by atoms with Crippen LogP contribution in [-0.4, -0.2) is 18.5 Å². The van der Waals surface area contributed by atoms with Gasteiger partial charge in [-0.15, -0.1) is 0 Å². The highest BCUT2D eigenvalue weighted by Gasteiger charge is 2.37. The summed E-state index contributed by atoms with van der Waals surface area (Å²) in [5.41, 5.74) is 0. The Morgan fingerprint density at radius 3 is 2.25 bits per heavy atom. The van der Waals surface area contributed by atoms with Gasteiger partial charge in [-0.2, -0.15) is 0 Å². The van der Waals surface area contributed by atoms with Crippen LogP contribution in [0.1, 0.15) is 13.8 Å². The molecule has 1 atom stereocenters. The van der Waals surface area contributed by atoms with Gasteiger partial charge in [0, 0.05) is 0 Å². The minimum absolute atomic E-state index is 0.154. The molecule has 0 spiro atoms. The van der Waals surface area contributed by atoms with Crippen molar-refractivity contribution in [3.8, 4) is 0 Å². The standard InChI is InChI=1S/C10H16O2/c1-5-10(6-2)11-7-9(12-10)8(3)4/h5-6,8-9H,1-2,7H2,3-4H3. The summed E-state index contributed by atoms with van der Waals surface area (Å²) in [4.78, 5) is 0. The Morgan fingerprint density at radius 2 is 2.00 bits per heavy atom. The number of hydrogen-bond acceptors (Lipinski definition) is 2. The number of rotatable bonds is 3. The maximum Gasteiger partial charge on any atom is 0.207 e. The lowest BCUT2D eigenvalue weighted by atomic mass is 10.1. The van der Waals surface area contributed by atoms with Crippen LogP contribution in [0, 0.1) is 5.92 Å².